The van der Waals surface area contributed by atoms with E-state index < -0.39 is 0 Å². The van der Waals surface area contributed by atoms with E-state index in [0.29, 0.717) is 32.7 Å². The lowest BCUT2D eigenvalue weighted by molar-refractivity contribution is -0.131. The molecule has 1 saturated heterocycles. The summed E-state index contributed by atoms with van der Waals surface area (Å²) in [6, 6.07) is 7.73. The summed E-state index contributed by atoms with van der Waals surface area (Å²) in [5.74, 6) is 0.659. The van der Waals surface area contributed by atoms with E-state index in [0.717, 1.165) is 29.7 Å². The van der Waals surface area contributed by atoms with Gasteiger partial charge in [-0.2, -0.15) is 0 Å². The Balaban J connectivity index is 1.73. The summed E-state index contributed by atoms with van der Waals surface area (Å²) in [5.41, 5.74) is 1.73. The van der Waals surface area contributed by atoms with Crippen molar-refractivity contribution in [2.45, 2.75) is 31.9 Å². The molecule has 2 aromatic rings. The number of benzene rings is 1. The molecule has 154 valence electrons. The van der Waals surface area contributed by atoms with Crippen LogP contribution in [-0.4, -0.2) is 58.6 Å². The van der Waals surface area contributed by atoms with E-state index in [4.69, 9.17) is 4.74 Å². The van der Waals surface area contributed by atoms with Crippen LogP contribution in [0.4, 0.5) is 0 Å². The second kappa shape index (κ2) is 10.0. The molecule has 1 fully saturated rings. The normalized spacial score (nSPS) is 15.9. The van der Waals surface area contributed by atoms with Gasteiger partial charge in [-0.25, -0.2) is 4.98 Å². The highest BCUT2D eigenvalue weighted by atomic mass is 16.5. The average Bonchev–Trinajstić information content (AvgIpc) is 3.37. The van der Waals surface area contributed by atoms with Crippen molar-refractivity contribution in [1.82, 2.24) is 19.8 Å². The summed E-state index contributed by atoms with van der Waals surface area (Å²) >= 11 is 0. The number of carbonyl (C=O) groups excluding carboxylic acids is 2. The van der Waals surface area contributed by atoms with Crippen LogP contribution in [0.2, 0.25) is 0 Å². The van der Waals surface area contributed by atoms with Gasteiger partial charge < -0.3 is 19.5 Å². The van der Waals surface area contributed by atoms with E-state index in [1.54, 1.807) is 17.1 Å². The first-order valence-electron chi connectivity index (χ1n) is 9.97. The highest BCUT2D eigenvalue weighted by Crippen LogP contribution is 2.17. The van der Waals surface area contributed by atoms with E-state index in [1.165, 1.54) is 0 Å². The second-order valence-corrected chi connectivity index (χ2v) is 7.02. The van der Waals surface area contributed by atoms with Crippen molar-refractivity contribution in [3.05, 3.63) is 55.4 Å². The molecule has 1 aliphatic rings. The zero-order valence-electron chi connectivity index (χ0n) is 16.7. The summed E-state index contributed by atoms with van der Waals surface area (Å²) < 4.78 is 7.34. The van der Waals surface area contributed by atoms with E-state index >= 15 is 0 Å². The molecular weight excluding hydrogens is 368 g/mol. The molecule has 2 amide bonds. The molecule has 0 aliphatic carbocycles. The topological polar surface area (TPSA) is 76.5 Å². The van der Waals surface area contributed by atoms with Crippen molar-refractivity contribution < 1.29 is 14.3 Å². The van der Waals surface area contributed by atoms with Crippen molar-refractivity contribution in [2.24, 2.45) is 0 Å². The lowest BCUT2D eigenvalue weighted by Crippen LogP contribution is -2.36. The highest BCUT2D eigenvalue weighted by Gasteiger charge is 2.23. The molecule has 1 aromatic heterocycles. The molecule has 1 N–H and O–H groups in total. The van der Waals surface area contributed by atoms with Gasteiger partial charge >= 0.3 is 0 Å². The maximum atomic E-state index is 12.8. The summed E-state index contributed by atoms with van der Waals surface area (Å²) in [7, 11) is 0. The van der Waals surface area contributed by atoms with Crippen molar-refractivity contribution in [3.63, 3.8) is 0 Å². The monoisotopic (exact) mass is 396 g/mol. The van der Waals surface area contributed by atoms with Crippen LogP contribution >= 0.6 is 0 Å². The predicted molar refractivity (Wildman–Crippen MR) is 112 cm³/mol. The molecule has 1 unspecified atom stereocenters. The smallest absolute Gasteiger partial charge is 0.249 e. The molecule has 1 aromatic carbocycles. The minimum absolute atomic E-state index is 0.0300. The van der Waals surface area contributed by atoms with Crippen LogP contribution in [0.1, 0.15) is 18.7 Å². The zero-order chi connectivity index (χ0) is 20.6. The number of imidazole rings is 1. The molecule has 0 bridgehead atoms. The maximum Gasteiger partial charge on any atom is 0.249 e. The summed E-state index contributed by atoms with van der Waals surface area (Å²) in [5, 5.41) is 2.92. The molecule has 7 nitrogen and oxygen atoms in total. The summed E-state index contributed by atoms with van der Waals surface area (Å²) in [4.78, 5) is 31.4. The van der Waals surface area contributed by atoms with Crippen molar-refractivity contribution in [2.75, 3.05) is 26.2 Å². The van der Waals surface area contributed by atoms with Crippen LogP contribution in [0.15, 0.2) is 49.6 Å². The Bertz CT molecular complexity index is 873. The minimum atomic E-state index is -0.346. The Hall–Kier alpha value is -2.93. The molecule has 0 saturated carbocycles. The van der Waals surface area contributed by atoms with Gasteiger partial charge in [0.25, 0.3) is 0 Å². The number of amides is 2. The van der Waals surface area contributed by atoms with Gasteiger partial charge in [0, 0.05) is 32.7 Å². The summed E-state index contributed by atoms with van der Waals surface area (Å²) in [6.45, 7) is 9.63. The number of rotatable bonds is 10. The molecule has 2 heterocycles. The molecule has 1 atom stereocenters. The molecule has 29 heavy (non-hydrogen) atoms. The Morgan fingerprint density at radius 3 is 2.72 bits per heavy atom. The van der Waals surface area contributed by atoms with Gasteiger partial charge in [-0.15, -0.1) is 13.2 Å². The number of para-hydroxylation sites is 2. The van der Waals surface area contributed by atoms with Gasteiger partial charge in [0.05, 0.1) is 11.0 Å². The highest BCUT2D eigenvalue weighted by molar-refractivity contribution is 5.82. The van der Waals surface area contributed by atoms with Crippen LogP contribution in [0.3, 0.4) is 0 Å². The number of hydrogen-bond acceptors (Lipinski definition) is 4. The number of nitrogens with zero attached hydrogens (tertiary/aromatic N) is 3. The number of carbonyl (C=O) groups is 2. The van der Waals surface area contributed by atoms with E-state index in [-0.39, 0.29) is 24.5 Å². The average molecular weight is 396 g/mol. The maximum absolute atomic E-state index is 12.8. The number of hydrogen-bond donors (Lipinski definition) is 1. The van der Waals surface area contributed by atoms with E-state index in [1.807, 2.05) is 28.8 Å². The fraction of sp³-hybridized carbons (Fsp3) is 0.409. The number of fused-ring (bicyclic) bond motifs is 1. The molecular formula is C22H28N4O3. The molecule has 0 spiro atoms. The lowest BCUT2D eigenvalue weighted by Gasteiger charge is -2.20. The first kappa shape index (κ1) is 20.8. The molecule has 7 heteroatoms. The minimum Gasteiger partial charge on any atom is -0.368 e. The lowest BCUT2D eigenvalue weighted by atomic mass is 10.2. The third kappa shape index (κ3) is 5.12. The van der Waals surface area contributed by atoms with Gasteiger partial charge in [-0.05, 0) is 25.0 Å². The van der Waals surface area contributed by atoms with Gasteiger partial charge in [0.15, 0.2) is 0 Å². The quantitative estimate of drug-likeness (QED) is 0.624. The van der Waals surface area contributed by atoms with Crippen LogP contribution in [0.25, 0.3) is 11.0 Å². The largest absolute Gasteiger partial charge is 0.368 e. The fourth-order valence-electron chi connectivity index (χ4n) is 3.51. The Morgan fingerprint density at radius 1 is 1.28 bits per heavy atom. The van der Waals surface area contributed by atoms with Crippen LogP contribution in [0.5, 0.6) is 0 Å². The predicted octanol–water partition coefficient (Wildman–Crippen LogP) is 2.07. The van der Waals surface area contributed by atoms with Gasteiger partial charge in [-0.1, -0.05) is 24.3 Å². The molecule has 1 aliphatic heterocycles. The molecule has 0 radical (unpaired) electrons. The van der Waals surface area contributed by atoms with Gasteiger partial charge in [-0.3, -0.25) is 9.59 Å². The third-order valence-electron chi connectivity index (χ3n) is 4.95. The van der Waals surface area contributed by atoms with E-state index in [2.05, 4.69) is 23.5 Å². The Labute approximate surface area is 171 Å². The van der Waals surface area contributed by atoms with Crippen molar-refractivity contribution in [3.8, 4) is 0 Å². The number of aromatic nitrogens is 2. The van der Waals surface area contributed by atoms with E-state index in [9.17, 15) is 9.59 Å². The van der Waals surface area contributed by atoms with Crippen LogP contribution < -0.4 is 5.32 Å². The van der Waals surface area contributed by atoms with Crippen molar-refractivity contribution >= 4 is 22.8 Å². The van der Waals surface area contributed by atoms with Crippen LogP contribution in [0, 0.1) is 0 Å². The zero-order valence-corrected chi connectivity index (χ0v) is 16.7. The third-order valence-corrected chi connectivity index (χ3v) is 4.95. The number of nitrogens with one attached hydrogen (secondary N) is 1. The Kier molecular flexibility index (Phi) is 7.19. The fourth-order valence-corrected chi connectivity index (χ4v) is 3.51. The molecule has 3 rings (SSSR count). The Morgan fingerprint density at radius 2 is 2.03 bits per heavy atom. The van der Waals surface area contributed by atoms with Crippen LogP contribution in [-0.2, 0) is 27.3 Å². The SMILES string of the molecule is C=CCN(CC=C)C(=O)Cn1c(CCNC(=O)C2CCCO2)nc2ccccc21. The van der Waals surface area contributed by atoms with Gasteiger partial charge in [0.2, 0.25) is 11.8 Å². The second-order valence-electron chi connectivity index (χ2n) is 7.02. The van der Waals surface area contributed by atoms with Crippen molar-refractivity contribution in [1.29, 1.82) is 0 Å². The standard InChI is InChI=1S/C22H28N4O3/c1-3-13-25(14-4-2)21(27)16-26-18-9-6-5-8-17(18)24-20(26)11-12-23-22(28)19-10-7-15-29-19/h3-6,8-9,19H,1-2,7,10-16H2,(H,23,28). The summed E-state index contributed by atoms with van der Waals surface area (Å²) in [6.07, 6.45) is 5.28. The first-order valence-corrected chi connectivity index (χ1v) is 9.97. The first-order chi connectivity index (χ1) is 14.1. The van der Waals surface area contributed by atoms with Gasteiger partial charge in [0.1, 0.15) is 18.5 Å². The number of ether oxygens (including phenoxy) is 1.